The molecule has 0 aliphatic heterocycles. The van der Waals surface area contributed by atoms with Gasteiger partial charge in [0.1, 0.15) is 13.2 Å². The maximum absolute atomic E-state index is 12.9. The van der Waals surface area contributed by atoms with Gasteiger partial charge in [0, 0.05) is 19.3 Å². The Bertz CT molecular complexity index is 1470. The fraction of sp³-hybridized carbons (Fsp3) is 0.797. The van der Waals surface area contributed by atoms with Crippen LogP contribution < -0.4 is 0 Å². The Morgan fingerprint density at radius 2 is 0.487 bits per heavy atom. The van der Waals surface area contributed by atoms with E-state index < -0.39 is 6.10 Å². The molecule has 0 bridgehead atoms. The summed E-state index contributed by atoms with van der Waals surface area (Å²) in [5.74, 6) is -0.906. The van der Waals surface area contributed by atoms with E-state index in [4.69, 9.17) is 14.2 Å². The van der Waals surface area contributed by atoms with Crippen molar-refractivity contribution < 1.29 is 28.6 Å². The molecule has 0 aromatic heterocycles. The van der Waals surface area contributed by atoms with Crippen LogP contribution in [0.15, 0.2) is 72.9 Å². The first-order valence-corrected chi connectivity index (χ1v) is 34.9. The first kappa shape index (κ1) is 76.9. The van der Waals surface area contributed by atoms with Crippen LogP contribution in [0.4, 0.5) is 0 Å². The van der Waals surface area contributed by atoms with Crippen molar-refractivity contribution in [2.75, 3.05) is 13.2 Å². The topological polar surface area (TPSA) is 78.9 Å². The van der Waals surface area contributed by atoms with Crippen LogP contribution in [0.2, 0.25) is 0 Å². The third-order valence-electron chi connectivity index (χ3n) is 15.4. The average molecular weight is 1120 g/mol. The molecule has 6 nitrogen and oxygen atoms in total. The second-order valence-corrected chi connectivity index (χ2v) is 23.4. The Labute approximate surface area is 497 Å². The van der Waals surface area contributed by atoms with Crippen LogP contribution in [-0.2, 0) is 28.6 Å². The van der Waals surface area contributed by atoms with Crippen molar-refractivity contribution in [2.45, 2.75) is 367 Å². The minimum absolute atomic E-state index is 0.0839. The van der Waals surface area contributed by atoms with Crippen molar-refractivity contribution in [1.82, 2.24) is 0 Å². The normalized spacial score (nSPS) is 12.5. The van der Waals surface area contributed by atoms with Gasteiger partial charge >= 0.3 is 17.9 Å². The van der Waals surface area contributed by atoms with Gasteiger partial charge in [0.25, 0.3) is 0 Å². The number of carbonyl (C=O) groups excluding carboxylic acids is 3. The zero-order chi connectivity index (χ0) is 57.8. The van der Waals surface area contributed by atoms with E-state index in [0.29, 0.717) is 19.3 Å². The van der Waals surface area contributed by atoms with Gasteiger partial charge < -0.3 is 14.2 Å². The van der Waals surface area contributed by atoms with E-state index in [2.05, 4.69) is 93.7 Å². The molecule has 0 aliphatic carbocycles. The molecule has 0 aromatic carbocycles. The largest absolute Gasteiger partial charge is 0.462 e. The van der Waals surface area contributed by atoms with Gasteiger partial charge in [-0.1, -0.05) is 325 Å². The van der Waals surface area contributed by atoms with E-state index in [9.17, 15) is 14.4 Å². The minimum Gasteiger partial charge on any atom is -0.462 e. The van der Waals surface area contributed by atoms with Crippen molar-refractivity contribution in [1.29, 1.82) is 0 Å². The molecule has 464 valence electrons. The Hall–Kier alpha value is -3.15. The lowest BCUT2D eigenvalue weighted by Crippen LogP contribution is -2.30. The molecule has 0 amide bonds. The fourth-order valence-electron chi connectivity index (χ4n) is 10.2. The summed E-state index contributed by atoms with van der Waals surface area (Å²) >= 11 is 0. The average Bonchev–Trinajstić information content (AvgIpc) is 3.46. The van der Waals surface area contributed by atoms with Crippen LogP contribution in [-0.4, -0.2) is 37.2 Å². The van der Waals surface area contributed by atoms with E-state index in [1.165, 1.54) is 231 Å². The smallest absolute Gasteiger partial charge is 0.306 e. The lowest BCUT2D eigenvalue weighted by molar-refractivity contribution is -0.167. The summed E-state index contributed by atoms with van der Waals surface area (Å²) in [6.45, 7) is 6.53. The molecule has 0 aliphatic rings. The van der Waals surface area contributed by atoms with Crippen LogP contribution in [0.1, 0.15) is 361 Å². The van der Waals surface area contributed by atoms with E-state index in [1.807, 2.05) is 0 Å². The van der Waals surface area contributed by atoms with Gasteiger partial charge in [-0.2, -0.15) is 0 Å². The van der Waals surface area contributed by atoms with E-state index >= 15 is 0 Å². The SMILES string of the molecule is CC/C=C\C/C=C\C/C=C\C/C=C\CCCCC(=O)OCC(COC(=O)CCCCCCCCCCCCCCCCCCCCC/C=C\C/C=C\CCCCCCC)OC(=O)CCCCCCCCCCCCCCCCCC. The first-order chi connectivity index (χ1) is 39.5. The van der Waals surface area contributed by atoms with Gasteiger partial charge in [-0.05, 0) is 89.9 Å². The van der Waals surface area contributed by atoms with E-state index in [0.717, 1.165) is 89.9 Å². The number of unbranched alkanes of at least 4 members (excludes halogenated alkanes) is 41. The second-order valence-electron chi connectivity index (χ2n) is 23.4. The molecular weight excluding hydrogens is 985 g/mol. The number of carbonyl (C=O) groups is 3. The summed E-state index contributed by atoms with van der Waals surface area (Å²) in [5, 5.41) is 0. The zero-order valence-electron chi connectivity index (χ0n) is 53.3. The van der Waals surface area contributed by atoms with Crippen LogP contribution >= 0.6 is 0 Å². The molecule has 0 spiro atoms. The van der Waals surface area contributed by atoms with Crippen LogP contribution in [0.25, 0.3) is 0 Å². The van der Waals surface area contributed by atoms with Gasteiger partial charge in [0.2, 0.25) is 0 Å². The van der Waals surface area contributed by atoms with Crippen molar-refractivity contribution >= 4 is 17.9 Å². The summed E-state index contributed by atoms with van der Waals surface area (Å²) in [4.78, 5) is 38.4. The lowest BCUT2D eigenvalue weighted by Gasteiger charge is -2.18. The summed E-state index contributed by atoms with van der Waals surface area (Å²) in [5.41, 5.74) is 0. The molecule has 0 rings (SSSR count). The molecule has 0 fully saturated rings. The lowest BCUT2D eigenvalue weighted by atomic mass is 10.0. The van der Waals surface area contributed by atoms with E-state index in [1.54, 1.807) is 0 Å². The highest BCUT2D eigenvalue weighted by molar-refractivity contribution is 5.71. The van der Waals surface area contributed by atoms with E-state index in [-0.39, 0.29) is 31.1 Å². The Balaban J connectivity index is 4.20. The number of hydrogen-bond donors (Lipinski definition) is 0. The third kappa shape index (κ3) is 65.7. The maximum atomic E-state index is 12.9. The monoisotopic (exact) mass is 1120 g/mol. The molecule has 80 heavy (non-hydrogen) atoms. The summed E-state index contributed by atoms with van der Waals surface area (Å²) in [6, 6.07) is 0. The molecule has 6 heteroatoms. The predicted molar refractivity (Wildman–Crippen MR) is 348 cm³/mol. The second kappa shape index (κ2) is 68.3. The number of allylic oxidation sites excluding steroid dienone is 12. The van der Waals surface area contributed by atoms with Gasteiger partial charge in [0.05, 0.1) is 0 Å². The standard InChI is InChI=1S/C74H132O6/c1-4-7-10-13-16-19-22-25-28-30-31-32-33-34-35-36-37-38-39-40-41-42-43-44-47-49-52-55-58-61-64-67-73(76)79-70-71(69-78-72(75)66-63-60-57-54-51-48-45-27-24-21-18-15-12-9-6-3)80-74(77)68-65-62-59-56-53-50-46-29-26-23-20-17-14-11-8-5-2/h9,12,18,21-22,25,27,30-31,45,51,54,71H,4-8,10-11,13-17,19-20,23-24,26,28-29,32-44,46-50,52-53,55-70H2,1-3H3/b12-9-,21-18-,25-22-,31-30-,45-27-,54-51-. The third-order valence-corrected chi connectivity index (χ3v) is 15.4. The molecule has 1 atom stereocenters. The van der Waals surface area contributed by atoms with Crippen LogP contribution in [0.5, 0.6) is 0 Å². The number of hydrogen-bond acceptors (Lipinski definition) is 6. The summed E-state index contributed by atoms with van der Waals surface area (Å²) < 4.78 is 16.9. The van der Waals surface area contributed by atoms with Gasteiger partial charge in [-0.25, -0.2) is 0 Å². The molecule has 0 saturated carbocycles. The van der Waals surface area contributed by atoms with Gasteiger partial charge in [-0.3, -0.25) is 14.4 Å². The Morgan fingerprint density at radius 1 is 0.263 bits per heavy atom. The minimum atomic E-state index is -0.790. The van der Waals surface area contributed by atoms with Crippen LogP contribution in [0.3, 0.4) is 0 Å². The quantitative estimate of drug-likeness (QED) is 0.0261. The molecular formula is C74H132O6. The number of rotatable bonds is 64. The number of esters is 3. The maximum Gasteiger partial charge on any atom is 0.306 e. The fourth-order valence-corrected chi connectivity index (χ4v) is 10.2. The predicted octanol–water partition coefficient (Wildman–Crippen LogP) is 24.1. The highest BCUT2D eigenvalue weighted by atomic mass is 16.6. The van der Waals surface area contributed by atoms with Crippen molar-refractivity contribution in [2.24, 2.45) is 0 Å². The molecule has 0 heterocycles. The molecule has 0 radical (unpaired) electrons. The highest BCUT2D eigenvalue weighted by Gasteiger charge is 2.19. The molecule has 0 N–H and O–H groups in total. The van der Waals surface area contributed by atoms with Crippen molar-refractivity contribution in [3.8, 4) is 0 Å². The Kier molecular flexibility index (Phi) is 65.7. The van der Waals surface area contributed by atoms with Crippen molar-refractivity contribution in [3.05, 3.63) is 72.9 Å². The molecule has 1 unspecified atom stereocenters. The number of ether oxygens (including phenoxy) is 3. The van der Waals surface area contributed by atoms with Gasteiger partial charge in [-0.15, -0.1) is 0 Å². The molecule has 0 saturated heterocycles. The zero-order valence-corrected chi connectivity index (χ0v) is 53.3. The van der Waals surface area contributed by atoms with Crippen molar-refractivity contribution in [3.63, 3.8) is 0 Å². The van der Waals surface area contributed by atoms with Crippen LogP contribution in [0, 0.1) is 0 Å². The summed E-state index contributed by atoms with van der Waals surface area (Å²) in [6.07, 6.45) is 89.4. The molecule has 0 aromatic rings. The first-order valence-electron chi connectivity index (χ1n) is 34.9. The Morgan fingerprint density at radius 3 is 0.787 bits per heavy atom. The summed E-state index contributed by atoms with van der Waals surface area (Å²) in [7, 11) is 0. The van der Waals surface area contributed by atoms with Gasteiger partial charge in [0.15, 0.2) is 6.10 Å². The highest BCUT2D eigenvalue weighted by Crippen LogP contribution is 2.18.